The zero-order valence-electron chi connectivity index (χ0n) is 8.92. The van der Waals surface area contributed by atoms with Crippen LogP contribution >= 0.6 is 11.6 Å². The predicted molar refractivity (Wildman–Crippen MR) is 64.6 cm³/mol. The molecule has 0 aliphatic rings. The fourth-order valence-electron chi connectivity index (χ4n) is 1.37. The number of benzene rings is 1. The van der Waals surface area contributed by atoms with Gasteiger partial charge in [-0.1, -0.05) is 11.6 Å². The topological polar surface area (TPSA) is 73.0 Å². The van der Waals surface area contributed by atoms with E-state index >= 15 is 0 Å². The second-order valence-electron chi connectivity index (χ2n) is 3.42. The minimum Gasteiger partial charge on any atom is -0.358 e. The van der Waals surface area contributed by atoms with Crippen LogP contribution in [0.3, 0.4) is 0 Å². The lowest BCUT2D eigenvalue weighted by Crippen LogP contribution is -2.00. The molecule has 0 radical (unpaired) electrons. The van der Waals surface area contributed by atoms with Crippen LogP contribution in [0, 0.1) is 10.1 Å². The van der Waals surface area contributed by atoms with Crippen LogP contribution in [0.15, 0.2) is 30.6 Å². The van der Waals surface area contributed by atoms with Gasteiger partial charge < -0.3 is 15.4 Å². The SMILES string of the molecule is Cn1cnc([N+](=O)[O-])c1Nc1ccc(Cl)cc1. The standard InChI is InChI=1S/C10H9ClN4O2/c1-14-6-12-9(15(16)17)10(14)13-8-4-2-7(11)3-5-8/h2-6,13H,1H3. The lowest BCUT2D eigenvalue weighted by molar-refractivity contribution is -0.388. The number of nitro groups is 1. The highest BCUT2D eigenvalue weighted by molar-refractivity contribution is 6.30. The van der Waals surface area contributed by atoms with Crippen molar-refractivity contribution in [3.8, 4) is 0 Å². The first-order valence-electron chi connectivity index (χ1n) is 4.76. The molecule has 0 unspecified atom stereocenters. The number of hydrogen-bond acceptors (Lipinski definition) is 4. The van der Waals surface area contributed by atoms with Gasteiger partial charge in [0.05, 0.1) is 0 Å². The molecule has 7 heteroatoms. The molecular weight excluding hydrogens is 244 g/mol. The molecule has 2 rings (SSSR count). The van der Waals surface area contributed by atoms with Crippen molar-refractivity contribution in [2.75, 3.05) is 5.32 Å². The van der Waals surface area contributed by atoms with Crippen molar-refractivity contribution in [1.29, 1.82) is 0 Å². The summed E-state index contributed by atoms with van der Waals surface area (Å²) in [6.45, 7) is 0. The molecule has 0 aliphatic heterocycles. The summed E-state index contributed by atoms with van der Waals surface area (Å²) in [5.41, 5.74) is 0.709. The van der Waals surface area contributed by atoms with E-state index in [1.54, 1.807) is 35.9 Å². The first-order valence-corrected chi connectivity index (χ1v) is 5.14. The molecular formula is C10H9ClN4O2. The summed E-state index contributed by atoms with van der Waals surface area (Å²) in [6, 6.07) is 6.87. The summed E-state index contributed by atoms with van der Waals surface area (Å²) in [6.07, 6.45) is 1.39. The Morgan fingerprint density at radius 1 is 1.41 bits per heavy atom. The van der Waals surface area contributed by atoms with Gasteiger partial charge in [-0.25, -0.2) is 0 Å². The van der Waals surface area contributed by atoms with Gasteiger partial charge in [0, 0.05) is 17.8 Å². The fraction of sp³-hybridized carbons (Fsp3) is 0.100. The van der Waals surface area contributed by atoms with Gasteiger partial charge in [-0.05, 0) is 34.2 Å². The molecule has 0 fully saturated rings. The first kappa shape index (κ1) is 11.4. The third-order valence-electron chi connectivity index (χ3n) is 2.20. The van der Waals surface area contributed by atoms with Crippen LogP contribution in [0.2, 0.25) is 5.02 Å². The molecule has 1 aromatic carbocycles. The summed E-state index contributed by atoms with van der Waals surface area (Å²) in [7, 11) is 1.68. The monoisotopic (exact) mass is 252 g/mol. The van der Waals surface area contributed by atoms with Crippen molar-refractivity contribution >= 4 is 28.9 Å². The van der Waals surface area contributed by atoms with E-state index < -0.39 is 4.92 Å². The lowest BCUT2D eigenvalue weighted by atomic mass is 10.3. The maximum Gasteiger partial charge on any atom is 0.406 e. The van der Waals surface area contributed by atoms with Crippen molar-refractivity contribution in [1.82, 2.24) is 9.55 Å². The van der Waals surface area contributed by atoms with E-state index in [0.717, 1.165) is 0 Å². The zero-order valence-corrected chi connectivity index (χ0v) is 9.68. The molecule has 88 valence electrons. The quantitative estimate of drug-likeness (QED) is 0.673. The summed E-state index contributed by atoms with van der Waals surface area (Å²) in [5.74, 6) is 0.125. The molecule has 6 nitrogen and oxygen atoms in total. The predicted octanol–water partition coefficient (Wildman–Crippen LogP) is 2.73. The van der Waals surface area contributed by atoms with Crippen molar-refractivity contribution in [2.24, 2.45) is 7.05 Å². The molecule has 17 heavy (non-hydrogen) atoms. The number of nitrogens with one attached hydrogen (secondary N) is 1. The average molecular weight is 253 g/mol. The molecule has 0 aliphatic carbocycles. The van der Waals surface area contributed by atoms with E-state index in [2.05, 4.69) is 10.3 Å². The molecule has 0 bridgehead atoms. The average Bonchev–Trinajstić information content (AvgIpc) is 2.64. The molecule has 1 aromatic heterocycles. The highest BCUT2D eigenvalue weighted by Crippen LogP contribution is 2.25. The van der Waals surface area contributed by atoms with Crippen molar-refractivity contribution in [2.45, 2.75) is 0 Å². The Morgan fingerprint density at radius 3 is 2.65 bits per heavy atom. The Bertz CT molecular complexity index is 550. The van der Waals surface area contributed by atoms with E-state index in [0.29, 0.717) is 16.5 Å². The third-order valence-corrected chi connectivity index (χ3v) is 2.45. The van der Waals surface area contributed by atoms with Crippen LogP contribution in [-0.4, -0.2) is 14.5 Å². The number of hydrogen-bond donors (Lipinski definition) is 1. The fourth-order valence-corrected chi connectivity index (χ4v) is 1.49. The second kappa shape index (κ2) is 4.42. The van der Waals surface area contributed by atoms with E-state index in [1.165, 1.54) is 6.33 Å². The van der Waals surface area contributed by atoms with Crippen molar-refractivity contribution in [3.05, 3.63) is 45.7 Å². The van der Waals surface area contributed by atoms with Crippen LogP contribution in [0.25, 0.3) is 0 Å². The Hall–Kier alpha value is -2.08. The number of anilines is 2. The first-order chi connectivity index (χ1) is 8.08. The van der Waals surface area contributed by atoms with Gasteiger partial charge in [-0.2, -0.15) is 0 Å². The summed E-state index contributed by atoms with van der Waals surface area (Å²) >= 11 is 5.75. The van der Waals surface area contributed by atoms with Crippen LogP contribution in [-0.2, 0) is 7.05 Å². The highest BCUT2D eigenvalue weighted by atomic mass is 35.5. The highest BCUT2D eigenvalue weighted by Gasteiger charge is 2.19. The number of aryl methyl sites for hydroxylation is 1. The van der Waals surface area contributed by atoms with E-state index in [1.807, 2.05) is 0 Å². The van der Waals surface area contributed by atoms with Gasteiger partial charge in [0.1, 0.15) is 0 Å². The second-order valence-corrected chi connectivity index (χ2v) is 3.85. The molecule has 0 saturated carbocycles. The van der Waals surface area contributed by atoms with E-state index in [4.69, 9.17) is 11.6 Å². The molecule has 0 atom stereocenters. The molecule has 0 amide bonds. The molecule has 1 N–H and O–H groups in total. The summed E-state index contributed by atoms with van der Waals surface area (Å²) in [5, 5.41) is 14.3. The van der Waals surface area contributed by atoms with E-state index in [-0.39, 0.29) is 5.82 Å². The van der Waals surface area contributed by atoms with Crippen LogP contribution in [0.1, 0.15) is 0 Å². The minimum atomic E-state index is -0.530. The Morgan fingerprint density at radius 2 is 2.06 bits per heavy atom. The smallest absolute Gasteiger partial charge is 0.358 e. The lowest BCUT2D eigenvalue weighted by Gasteiger charge is -2.05. The van der Waals surface area contributed by atoms with Crippen molar-refractivity contribution in [3.63, 3.8) is 0 Å². The zero-order chi connectivity index (χ0) is 12.4. The van der Waals surface area contributed by atoms with Crippen LogP contribution in [0.5, 0.6) is 0 Å². The molecule has 1 heterocycles. The summed E-state index contributed by atoms with van der Waals surface area (Å²) < 4.78 is 1.55. The molecule has 0 saturated heterocycles. The Labute approximate surface area is 102 Å². The normalized spacial score (nSPS) is 10.2. The Kier molecular flexibility index (Phi) is 2.97. The minimum absolute atomic E-state index is 0.206. The van der Waals surface area contributed by atoms with Gasteiger partial charge in [0.25, 0.3) is 0 Å². The number of imidazole rings is 1. The molecule has 2 aromatic rings. The largest absolute Gasteiger partial charge is 0.406 e. The maximum atomic E-state index is 10.7. The number of halogens is 1. The maximum absolute atomic E-state index is 10.7. The molecule has 0 spiro atoms. The van der Waals surface area contributed by atoms with E-state index in [9.17, 15) is 10.1 Å². The number of nitrogens with zero attached hydrogens (tertiary/aromatic N) is 3. The van der Waals surface area contributed by atoms with Gasteiger partial charge >= 0.3 is 5.82 Å². The van der Waals surface area contributed by atoms with Gasteiger partial charge in [-0.3, -0.25) is 4.57 Å². The van der Waals surface area contributed by atoms with Crippen molar-refractivity contribution < 1.29 is 4.92 Å². The third kappa shape index (κ3) is 2.36. The number of rotatable bonds is 3. The Balaban J connectivity index is 2.32. The van der Waals surface area contributed by atoms with Crippen LogP contribution in [0.4, 0.5) is 17.3 Å². The van der Waals surface area contributed by atoms with Gasteiger partial charge in [0.15, 0.2) is 0 Å². The number of aromatic nitrogens is 2. The van der Waals surface area contributed by atoms with Gasteiger partial charge in [-0.15, -0.1) is 0 Å². The van der Waals surface area contributed by atoms with Crippen LogP contribution < -0.4 is 5.32 Å². The summed E-state index contributed by atoms with van der Waals surface area (Å²) in [4.78, 5) is 13.9. The van der Waals surface area contributed by atoms with Gasteiger partial charge in [0.2, 0.25) is 12.1 Å².